The van der Waals surface area contributed by atoms with E-state index < -0.39 is 11.1 Å². The molecule has 1 atom stereocenters. The molecule has 1 fully saturated rings. The molecule has 0 unspecified atom stereocenters. The number of carbonyl (C=O) groups excluding carboxylic acids is 1. The van der Waals surface area contributed by atoms with E-state index in [1.165, 1.54) is 0 Å². The van der Waals surface area contributed by atoms with E-state index in [1.54, 1.807) is 0 Å². The number of ether oxygens (including phenoxy) is 1. The van der Waals surface area contributed by atoms with Gasteiger partial charge in [-0.3, -0.25) is 15.1 Å². The molecule has 2 N–H and O–H groups in total. The van der Waals surface area contributed by atoms with Crippen molar-refractivity contribution < 1.29 is 9.53 Å². The summed E-state index contributed by atoms with van der Waals surface area (Å²) >= 11 is 3.48. The molecule has 1 spiro atoms. The number of guanidine groups is 1. The van der Waals surface area contributed by atoms with Crippen LogP contribution in [0.25, 0.3) is 0 Å². The molecule has 2 heterocycles. The first-order chi connectivity index (χ1) is 10.4. The standard InChI is InChI=1S/C16H20BrN3O2/c1-4-7-18-14-19-13(21)16(20-14)9-15(2,3)22-12-6-5-10(17)8-11(12)16/h5-6,8H,4,7,9H2,1-3H3,(H2,18,19,20,21)/t16-/m0/s1. The molecule has 5 nitrogen and oxygen atoms in total. The van der Waals surface area contributed by atoms with Crippen molar-refractivity contribution in [2.75, 3.05) is 6.54 Å². The minimum absolute atomic E-state index is 0.0712. The van der Waals surface area contributed by atoms with Gasteiger partial charge in [0.05, 0.1) is 0 Å². The van der Waals surface area contributed by atoms with Crippen molar-refractivity contribution in [3.63, 3.8) is 0 Å². The molecule has 0 radical (unpaired) electrons. The van der Waals surface area contributed by atoms with Gasteiger partial charge in [-0.2, -0.15) is 0 Å². The molecule has 0 aliphatic carbocycles. The van der Waals surface area contributed by atoms with Crippen molar-refractivity contribution in [1.29, 1.82) is 0 Å². The van der Waals surface area contributed by atoms with Gasteiger partial charge >= 0.3 is 0 Å². The van der Waals surface area contributed by atoms with E-state index >= 15 is 0 Å². The highest BCUT2D eigenvalue weighted by atomic mass is 79.9. The quantitative estimate of drug-likeness (QED) is 0.846. The van der Waals surface area contributed by atoms with E-state index in [0.29, 0.717) is 18.9 Å². The second kappa shape index (κ2) is 5.26. The zero-order chi connectivity index (χ0) is 16.0. The van der Waals surface area contributed by atoms with Gasteiger partial charge in [-0.25, -0.2) is 0 Å². The van der Waals surface area contributed by atoms with Crippen LogP contribution >= 0.6 is 15.9 Å². The summed E-state index contributed by atoms with van der Waals surface area (Å²) in [5, 5.41) is 6.19. The summed E-state index contributed by atoms with van der Waals surface area (Å²) in [5.41, 5.74) is -0.417. The van der Waals surface area contributed by atoms with Crippen molar-refractivity contribution in [2.45, 2.75) is 44.8 Å². The lowest BCUT2D eigenvalue weighted by molar-refractivity contribution is -0.127. The Hall–Kier alpha value is -1.56. The first kappa shape index (κ1) is 15.3. The summed E-state index contributed by atoms with van der Waals surface area (Å²) in [6, 6.07) is 5.77. The summed E-state index contributed by atoms with van der Waals surface area (Å²) in [6.07, 6.45) is 1.48. The van der Waals surface area contributed by atoms with E-state index in [1.807, 2.05) is 32.0 Å². The number of hydrogen-bond acceptors (Lipinski definition) is 3. The Bertz CT molecular complexity index is 657. The van der Waals surface area contributed by atoms with Gasteiger partial charge in [0.1, 0.15) is 11.4 Å². The number of rotatable bonds is 2. The lowest BCUT2D eigenvalue weighted by Crippen LogP contribution is -2.53. The topological polar surface area (TPSA) is 62.7 Å². The second-order valence-electron chi connectivity index (χ2n) is 6.39. The molecule has 0 bridgehead atoms. The van der Waals surface area contributed by atoms with Gasteiger partial charge in [0.25, 0.3) is 5.91 Å². The number of nitrogens with one attached hydrogen (secondary N) is 2. The van der Waals surface area contributed by atoms with Crippen LogP contribution in [0.15, 0.2) is 27.7 Å². The van der Waals surface area contributed by atoms with Crippen LogP contribution in [-0.2, 0) is 10.3 Å². The summed E-state index contributed by atoms with van der Waals surface area (Å²) in [5.74, 6) is 1.22. The van der Waals surface area contributed by atoms with Gasteiger partial charge in [0.15, 0.2) is 11.5 Å². The fourth-order valence-corrected chi connectivity index (χ4v) is 3.47. The van der Waals surface area contributed by atoms with Crippen LogP contribution in [0.4, 0.5) is 0 Å². The SMILES string of the molecule is CCCN=C1NC(=O)[C@@]2(CC(C)(C)Oc3ccc(Br)cc32)N1. The third-order valence-electron chi connectivity index (χ3n) is 3.92. The zero-order valence-electron chi connectivity index (χ0n) is 13.0. The van der Waals surface area contributed by atoms with E-state index in [2.05, 4.69) is 38.5 Å². The Balaban J connectivity index is 2.10. The number of halogens is 1. The Morgan fingerprint density at radius 2 is 2.18 bits per heavy atom. The van der Waals surface area contributed by atoms with Crippen LogP contribution in [0.2, 0.25) is 0 Å². The number of nitrogens with zero attached hydrogens (tertiary/aromatic N) is 1. The normalized spacial score (nSPS) is 27.3. The van der Waals surface area contributed by atoms with Crippen LogP contribution in [0.5, 0.6) is 5.75 Å². The maximum Gasteiger partial charge on any atom is 0.257 e. The Morgan fingerprint density at radius 3 is 2.91 bits per heavy atom. The lowest BCUT2D eigenvalue weighted by Gasteiger charge is -2.42. The maximum absolute atomic E-state index is 12.8. The second-order valence-corrected chi connectivity index (χ2v) is 7.31. The van der Waals surface area contributed by atoms with Crippen LogP contribution in [0.1, 0.15) is 39.2 Å². The van der Waals surface area contributed by atoms with Crippen molar-refractivity contribution >= 4 is 27.8 Å². The molecule has 1 amide bonds. The predicted octanol–water partition coefficient (Wildman–Crippen LogP) is 2.69. The molecule has 0 saturated carbocycles. The third kappa shape index (κ3) is 2.49. The maximum atomic E-state index is 12.8. The summed E-state index contributed by atoms with van der Waals surface area (Å²) in [6.45, 7) is 6.73. The van der Waals surface area contributed by atoms with Crippen molar-refractivity contribution in [3.8, 4) is 5.75 Å². The predicted molar refractivity (Wildman–Crippen MR) is 89.0 cm³/mol. The van der Waals surface area contributed by atoms with E-state index in [4.69, 9.17) is 4.74 Å². The van der Waals surface area contributed by atoms with Crippen LogP contribution < -0.4 is 15.4 Å². The first-order valence-electron chi connectivity index (χ1n) is 7.49. The molecule has 1 saturated heterocycles. The monoisotopic (exact) mass is 365 g/mol. The lowest BCUT2D eigenvalue weighted by atomic mass is 9.77. The van der Waals surface area contributed by atoms with Gasteiger partial charge in [-0.15, -0.1) is 0 Å². The van der Waals surface area contributed by atoms with Crippen molar-refractivity contribution in [1.82, 2.24) is 10.6 Å². The fraction of sp³-hybridized carbons (Fsp3) is 0.500. The highest BCUT2D eigenvalue weighted by molar-refractivity contribution is 9.10. The van der Waals surface area contributed by atoms with Crippen LogP contribution in [-0.4, -0.2) is 24.0 Å². The molecule has 1 aromatic carbocycles. The van der Waals surface area contributed by atoms with Crippen LogP contribution in [0.3, 0.4) is 0 Å². The average molecular weight is 366 g/mol. The number of fused-ring (bicyclic) bond motifs is 2. The van der Waals surface area contributed by atoms with E-state index in [9.17, 15) is 4.79 Å². The fourth-order valence-electron chi connectivity index (χ4n) is 3.11. The number of hydrogen-bond donors (Lipinski definition) is 2. The number of carbonyl (C=O) groups is 1. The Labute approximate surface area is 138 Å². The molecule has 2 aliphatic heterocycles. The van der Waals surface area contributed by atoms with Crippen molar-refractivity contribution in [2.24, 2.45) is 4.99 Å². The van der Waals surface area contributed by atoms with Gasteiger partial charge in [-0.05, 0) is 38.5 Å². The average Bonchev–Trinajstić information content (AvgIpc) is 2.73. The first-order valence-corrected chi connectivity index (χ1v) is 8.29. The molecular formula is C16H20BrN3O2. The summed E-state index contributed by atoms with van der Waals surface area (Å²) in [7, 11) is 0. The van der Waals surface area contributed by atoms with Gasteiger partial charge in [-0.1, -0.05) is 22.9 Å². The molecular weight excluding hydrogens is 346 g/mol. The number of amides is 1. The van der Waals surface area contributed by atoms with E-state index in [0.717, 1.165) is 22.2 Å². The molecule has 3 rings (SSSR count). The molecule has 118 valence electrons. The largest absolute Gasteiger partial charge is 0.487 e. The molecule has 6 heteroatoms. The van der Waals surface area contributed by atoms with Gasteiger partial charge in [0.2, 0.25) is 0 Å². The molecule has 22 heavy (non-hydrogen) atoms. The Kier molecular flexibility index (Phi) is 3.67. The zero-order valence-corrected chi connectivity index (χ0v) is 14.6. The molecule has 0 aromatic heterocycles. The van der Waals surface area contributed by atoms with Crippen LogP contribution in [0, 0.1) is 0 Å². The highest BCUT2D eigenvalue weighted by Crippen LogP contribution is 2.45. The van der Waals surface area contributed by atoms with Gasteiger partial charge in [0, 0.05) is 23.0 Å². The minimum atomic E-state index is -0.826. The van der Waals surface area contributed by atoms with Gasteiger partial charge < -0.3 is 10.1 Å². The minimum Gasteiger partial charge on any atom is -0.487 e. The molecule has 2 aliphatic rings. The van der Waals surface area contributed by atoms with Crippen molar-refractivity contribution in [3.05, 3.63) is 28.2 Å². The Morgan fingerprint density at radius 1 is 1.41 bits per heavy atom. The summed E-state index contributed by atoms with van der Waals surface area (Å²) < 4.78 is 6.96. The molecule has 1 aromatic rings. The number of benzene rings is 1. The number of aliphatic imine (C=N–C) groups is 1. The summed E-state index contributed by atoms with van der Waals surface area (Å²) in [4.78, 5) is 17.2. The highest BCUT2D eigenvalue weighted by Gasteiger charge is 2.54. The smallest absolute Gasteiger partial charge is 0.257 e. The van der Waals surface area contributed by atoms with E-state index in [-0.39, 0.29) is 5.91 Å². The third-order valence-corrected chi connectivity index (χ3v) is 4.42.